The quantitative estimate of drug-likeness (QED) is 0.701. The number of phenols is 1. The molecule has 0 spiro atoms. The molecule has 3 N–H and O–H groups in total. The van der Waals surface area contributed by atoms with Gasteiger partial charge >= 0.3 is 0 Å². The fourth-order valence-corrected chi connectivity index (χ4v) is 1.12. The van der Waals surface area contributed by atoms with Crippen molar-refractivity contribution in [1.82, 2.24) is 0 Å². The molecular weight excluding hydrogens is 201 g/mol. The fraction of sp³-hybridized carbons (Fsp3) is 0. The van der Waals surface area contributed by atoms with Crippen LogP contribution in [0.1, 0.15) is 5.56 Å². The van der Waals surface area contributed by atoms with E-state index in [0.717, 1.165) is 0 Å². The molecule has 0 atom stereocenters. The molecule has 5 heteroatoms. The Morgan fingerprint density at radius 3 is 2.00 bits per heavy atom. The molecule has 0 aliphatic rings. The zero-order valence-corrected chi connectivity index (χ0v) is 7.32. The summed E-state index contributed by atoms with van der Waals surface area (Å²) in [5.74, 6) is -0.188. The van der Waals surface area contributed by atoms with Crippen molar-refractivity contribution < 1.29 is 10.6 Å². The second kappa shape index (κ2) is 4.17. The zero-order valence-electron chi connectivity index (χ0n) is 5.81. The molecule has 12 heavy (non-hydrogen) atoms. The van der Waals surface area contributed by atoms with Gasteiger partial charge in [-0.2, -0.15) is 5.26 Å². The zero-order chi connectivity index (χ0) is 8.43. The Kier molecular flexibility index (Phi) is 3.84. The van der Waals surface area contributed by atoms with Crippen molar-refractivity contribution in [2.75, 3.05) is 0 Å². The molecule has 0 saturated heterocycles. The molecule has 1 rings (SSSR count). The van der Waals surface area contributed by atoms with Crippen LogP contribution in [0.4, 0.5) is 0 Å². The maximum absolute atomic E-state index is 9.05. The van der Waals surface area contributed by atoms with Gasteiger partial charge in [-0.3, -0.25) is 0 Å². The summed E-state index contributed by atoms with van der Waals surface area (Å²) in [5, 5.41) is 17.7. The summed E-state index contributed by atoms with van der Waals surface area (Å²) in [4.78, 5) is 0. The number of nitriles is 1. The molecule has 64 valence electrons. The van der Waals surface area contributed by atoms with Crippen molar-refractivity contribution in [3.8, 4) is 11.8 Å². The summed E-state index contributed by atoms with van der Waals surface area (Å²) in [6, 6.07) is 4.56. The summed E-state index contributed by atoms with van der Waals surface area (Å²) < 4.78 is 0. The second-order valence-corrected chi connectivity index (χ2v) is 2.71. The molecule has 0 amide bonds. The van der Waals surface area contributed by atoms with Gasteiger partial charge in [0.2, 0.25) is 0 Å². The third-order valence-corrected chi connectivity index (χ3v) is 1.72. The highest BCUT2D eigenvalue weighted by atomic mass is 35.5. The van der Waals surface area contributed by atoms with Gasteiger partial charge in [0.15, 0.2) is 5.75 Å². The predicted octanol–water partition coefficient (Wildman–Crippen LogP) is 1.75. The van der Waals surface area contributed by atoms with Crippen molar-refractivity contribution in [2.24, 2.45) is 0 Å². The first kappa shape index (κ1) is 11.0. The topological polar surface area (TPSA) is 75.5 Å². The molecule has 0 aliphatic heterocycles. The Hall–Kier alpha value is -0.950. The van der Waals surface area contributed by atoms with Crippen LogP contribution in [-0.4, -0.2) is 10.6 Å². The van der Waals surface area contributed by atoms with Crippen molar-refractivity contribution in [1.29, 1.82) is 5.26 Å². The number of hydrogen-bond acceptors (Lipinski definition) is 2. The summed E-state index contributed by atoms with van der Waals surface area (Å²) in [7, 11) is 0. The molecule has 0 heterocycles. The van der Waals surface area contributed by atoms with E-state index in [4.69, 9.17) is 33.6 Å². The van der Waals surface area contributed by atoms with E-state index in [1.807, 2.05) is 6.07 Å². The van der Waals surface area contributed by atoms with Crippen LogP contribution in [0.5, 0.6) is 5.75 Å². The molecule has 1 aromatic carbocycles. The number of benzene rings is 1. The molecule has 1 aromatic rings. The van der Waals surface area contributed by atoms with E-state index >= 15 is 0 Å². The Balaban J connectivity index is 0.00000121. The predicted molar refractivity (Wildman–Crippen MR) is 46.5 cm³/mol. The molecule has 0 aromatic heterocycles. The van der Waals surface area contributed by atoms with E-state index < -0.39 is 0 Å². The molecule has 0 saturated carbocycles. The Labute approximate surface area is 79.1 Å². The lowest BCUT2D eigenvalue weighted by Crippen LogP contribution is -1.76. The minimum Gasteiger partial charge on any atom is -0.505 e. The average Bonchev–Trinajstić information content (AvgIpc) is 1.99. The van der Waals surface area contributed by atoms with Crippen LogP contribution in [0.2, 0.25) is 10.0 Å². The number of rotatable bonds is 0. The normalized spacial score (nSPS) is 8.42. The number of halogens is 2. The van der Waals surface area contributed by atoms with Gasteiger partial charge in [0.25, 0.3) is 0 Å². The lowest BCUT2D eigenvalue weighted by Gasteiger charge is -1.98. The van der Waals surface area contributed by atoms with Gasteiger partial charge in [0, 0.05) is 0 Å². The highest BCUT2D eigenvalue weighted by molar-refractivity contribution is 6.37. The molecular formula is C7H5Cl2NO2. The highest BCUT2D eigenvalue weighted by Crippen LogP contribution is 2.32. The Bertz CT molecular complexity index is 310. The average molecular weight is 206 g/mol. The maximum atomic E-state index is 9.05. The van der Waals surface area contributed by atoms with Crippen LogP contribution in [0.3, 0.4) is 0 Å². The first-order valence-corrected chi connectivity index (χ1v) is 3.49. The van der Waals surface area contributed by atoms with Crippen molar-refractivity contribution in [3.05, 3.63) is 27.7 Å². The molecule has 0 radical (unpaired) electrons. The van der Waals surface area contributed by atoms with Gasteiger partial charge in [-0.15, -0.1) is 0 Å². The number of phenolic OH excluding ortho intramolecular Hbond substituents is 1. The van der Waals surface area contributed by atoms with Gasteiger partial charge in [0.1, 0.15) is 0 Å². The van der Waals surface area contributed by atoms with Gasteiger partial charge in [-0.05, 0) is 12.1 Å². The lowest BCUT2D eigenvalue weighted by atomic mass is 10.2. The molecule has 0 bridgehead atoms. The first-order chi connectivity index (χ1) is 5.15. The van der Waals surface area contributed by atoms with Crippen LogP contribution >= 0.6 is 23.2 Å². The monoisotopic (exact) mass is 205 g/mol. The summed E-state index contributed by atoms with van der Waals surface area (Å²) >= 11 is 11.0. The SMILES string of the molecule is N#Cc1cc(Cl)c(O)c(Cl)c1.O. The largest absolute Gasteiger partial charge is 0.505 e. The van der Waals surface area contributed by atoms with Crippen molar-refractivity contribution >= 4 is 23.2 Å². The van der Waals surface area contributed by atoms with Gasteiger partial charge < -0.3 is 10.6 Å². The third kappa shape index (κ3) is 2.02. The van der Waals surface area contributed by atoms with Crippen LogP contribution < -0.4 is 0 Å². The molecule has 0 fully saturated rings. The van der Waals surface area contributed by atoms with Gasteiger partial charge in [-0.1, -0.05) is 23.2 Å². The number of aromatic hydroxyl groups is 1. The first-order valence-electron chi connectivity index (χ1n) is 2.73. The number of hydrogen-bond donors (Lipinski definition) is 1. The minimum absolute atomic E-state index is 0. The van der Waals surface area contributed by atoms with Crippen LogP contribution in [-0.2, 0) is 0 Å². The molecule has 3 nitrogen and oxygen atoms in total. The van der Waals surface area contributed by atoms with E-state index in [9.17, 15) is 0 Å². The van der Waals surface area contributed by atoms with Crippen molar-refractivity contribution in [2.45, 2.75) is 0 Å². The van der Waals surface area contributed by atoms with Gasteiger partial charge in [-0.25, -0.2) is 0 Å². The van der Waals surface area contributed by atoms with E-state index in [-0.39, 0.29) is 21.3 Å². The summed E-state index contributed by atoms with van der Waals surface area (Å²) in [5.41, 5.74) is 0.331. The molecule has 0 unspecified atom stereocenters. The van der Waals surface area contributed by atoms with Crippen LogP contribution in [0.25, 0.3) is 0 Å². The van der Waals surface area contributed by atoms with E-state index in [1.165, 1.54) is 12.1 Å². The van der Waals surface area contributed by atoms with E-state index in [1.54, 1.807) is 0 Å². The third-order valence-electron chi connectivity index (χ3n) is 1.15. The second-order valence-electron chi connectivity index (χ2n) is 1.90. The standard InChI is InChI=1S/C7H3Cl2NO.H2O/c8-5-1-4(3-10)2-6(9)7(5)11;/h1-2,11H;1H2. The summed E-state index contributed by atoms with van der Waals surface area (Å²) in [6.07, 6.45) is 0. The minimum atomic E-state index is -0.188. The molecule has 0 aliphatic carbocycles. The van der Waals surface area contributed by atoms with Crippen LogP contribution in [0, 0.1) is 11.3 Å². The van der Waals surface area contributed by atoms with Crippen molar-refractivity contribution in [3.63, 3.8) is 0 Å². The summed E-state index contributed by atoms with van der Waals surface area (Å²) in [6.45, 7) is 0. The lowest BCUT2D eigenvalue weighted by molar-refractivity contribution is 0.476. The Morgan fingerprint density at radius 2 is 1.67 bits per heavy atom. The highest BCUT2D eigenvalue weighted by Gasteiger charge is 2.05. The smallest absolute Gasteiger partial charge is 0.152 e. The Morgan fingerprint density at radius 1 is 1.25 bits per heavy atom. The maximum Gasteiger partial charge on any atom is 0.152 e. The fourth-order valence-electron chi connectivity index (χ4n) is 0.630. The van der Waals surface area contributed by atoms with Crippen LogP contribution in [0.15, 0.2) is 12.1 Å². The van der Waals surface area contributed by atoms with E-state index in [0.29, 0.717) is 5.56 Å². The van der Waals surface area contributed by atoms with E-state index in [2.05, 4.69) is 0 Å². The van der Waals surface area contributed by atoms with Gasteiger partial charge in [0.05, 0.1) is 21.7 Å². The number of nitrogens with zero attached hydrogens (tertiary/aromatic N) is 1.